The summed E-state index contributed by atoms with van der Waals surface area (Å²) in [5.41, 5.74) is -0.369. The zero-order valence-corrected chi connectivity index (χ0v) is 10.1. The van der Waals surface area contributed by atoms with E-state index in [1.54, 1.807) is 6.92 Å². The van der Waals surface area contributed by atoms with Crippen molar-refractivity contribution in [2.45, 2.75) is 24.3 Å². The van der Waals surface area contributed by atoms with Crippen LogP contribution in [0.4, 0.5) is 5.69 Å². The van der Waals surface area contributed by atoms with E-state index < -0.39 is 14.9 Å². The van der Waals surface area contributed by atoms with Crippen LogP contribution in [0.2, 0.25) is 0 Å². The predicted octanol–water partition coefficient (Wildman–Crippen LogP) is 1.38. The maximum Gasteiger partial charge on any atom is 0.289 e. The summed E-state index contributed by atoms with van der Waals surface area (Å²) >= 11 is 0. The minimum atomic E-state index is -3.74. The lowest BCUT2D eigenvalue weighted by Crippen LogP contribution is -2.49. The zero-order chi connectivity index (χ0) is 12.6. The Balaban J connectivity index is 2.50. The van der Waals surface area contributed by atoms with Gasteiger partial charge in [-0.3, -0.25) is 10.1 Å². The Labute approximate surface area is 99.1 Å². The Kier molecular flexibility index (Phi) is 2.88. The van der Waals surface area contributed by atoms with Crippen molar-refractivity contribution in [2.75, 3.05) is 6.54 Å². The highest BCUT2D eigenvalue weighted by molar-refractivity contribution is 7.89. The van der Waals surface area contributed by atoms with Gasteiger partial charge in [-0.15, -0.1) is 0 Å². The quantitative estimate of drug-likeness (QED) is 0.604. The number of hydrogen-bond donors (Lipinski definition) is 0. The van der Waals surface area contributed by atoms with E-state index in [1.165, 1.54) is 28.6 Å². The Bertz CT molecular complexity index is 555. The number of rotatable bonds is 3. The molecule has 6 nitrogen and oxygen atoms in total. The van der Waals surface area contributed by atoms with Crippen LogP contribution in [0.25, 0.3) is 0 Å². The molecule has 0 radical (unpaired) electrons. The van der Waals surface area contributed by atoms with Crippen LogP contribution in [-0.2, 0) is 10.0 Å². The summed E-state index contributed by atoms with van der Waals surface area (Å²) in [6.07, 6.45) is 0.792. The van der Waals surface area contributed by atoms with E-state index in [1.807, 2.05) is 0 Å². The number of nitrogens with zero attached hydrogens (tertiary/aromatic N) is 2. The van der Waals surface area contributed by atoms with Gasteiger partial charge in [0.05, 0.1) is 4.92 Å². The van der Waals surface area contributed by atoms with Gasteiger partial charge in [-0.05, 0) is 19.4 Å². The molecule has 17 heavy (non-hydrogen) atoms. The van der Waals surface area contributed by atoms with Crippen LogP contribution >= 0.6 is 0 Å². The molecule has 1 aliphatic heterocycles. The minimum Gasteiger partial charge on any atom is -0.258 e. The smallest absolute Gasteiger partial charge is 0.258 e. The SMILES string of the molecule is C[C@@H]1CCN1S(=O)(=O)c1ccccc1[N+](=O)[O-]. The first-order valence-electron chi connectivity index (χ1n) is 5.20. The first-order chi connectivity index (χ1) is 7.94. The molecule has 0 aromatic heterocycles. The van der Waals surface area contributed by atoms with Crippen LogP contribution in [0.5, 0.6) is 0 Å². The molecule has 0 unspecified atom stereocenters. The lowest BCUT2D eigenvalue weighted by atomic mass is 10.1. The monoisotopic (exact) mass is 256 g/mol. The number of hydrogen-bond acceptors (Lipinski definition) is 4. The van der Waals surface area contributed by atoms with Crippen molar-refractivity contribution in [2.24, 2.45) is 0 Å². The molecule has 0 bridgehead atoms. The zero-order valence-electron chi connectivity index (χ0n) is 9.24. The third-order valence-corrected chi connectivity index (χ3v) is 4.97. The molecule has 1 saturated heterocycles. The Morgan fingerprint density at radius 3 is 2.53 bits per heavy atom. The summed E-state index contributed by atoms with van der Waals surface area (Å²) in [4.78, 5) is 9.91. The molecule has 7 heteroatoms. The molecule has 1 atom stereocenters. The molecule has 0 aliphatic carbocycles. The second-order valence-electron chi connectivity index (χ2n) is 3.98. The largest absolute Gasteiger partial charge is 0.289 e. The fourth-order valence-corrected chi connectivity index (χ4v) is 3.64. The third kappa shape index (κ3) is 1.91. The van der Waals surface area contributed by atoms with E-state index in [4.69, 9.17) is 0 Å². The van der Waals surface area contributed by atoms with Gasteiger partial charge in [-0.1, -0.05) is 12.1 Å². The predicted molar refractivity (Wildman–Crippen MR) is 61.1 cm³/mol. The van der Waals surface area contributed by atoms with E-state index in [2.05, 4.69) is 0 Å². The maximum absolute atomic E-state index is 12.2. The molecule has 0 amide bonds. The molecule has 1 fully saturated rings. The van der Waals surface area contributed by atoms with E-state index in [0.29, 0.717) is 6.54 Å². The molecule has 0 N–H and O–H groups in total. The van der Waals surface area contributed by atoms with Gasteiger partial charge in [0.15, 0.2) is 4.90 Å². The van der Waals surface area contributed by atoms with Crippen LogP contribution in [0.15, 0.2) is 29.2 Å². The Morgan fingerprint density at radius 1 is 1.41 bits per heavy atom. The first-order valence-corrected chi connectivity index (χ1v) is 6.64. The van der Waals surface area contributed by atoms with Crippen molar-refractivity contribution in [1.29, 1.82) is 0 Å². The molecular formula is C10H12N2O4S. The van der Waals surface area contributed by atoms with Gasteiger partial charge >= 0.3 is 0 Å². The number of benzene rings is 1. The van der Waals surface area contributed by atoms with Crippen molar-refractivity contribution < 1.29 is 13.3 Å². The second-order valence-corrected chi connectivity index (χ2v) is 5.84. The lowest BCUT2D eigenvalue weighted by Gasteiger charge is -2.36. The van der Waals surface area contributed by atoms with E-state index in [0.717, 1.165) is 6.42 Å². The van der Waals surface area contributed by atoms with Gasteiger partial charge in [0.2, 0.25) is 10.0 Å². The molecule has 92 valence electrons. The highest BCUT2D eigenvalue weighted by Crippen LogP contribution is 2.31. The Hall–Kier alpha value is -1.47. The van der Waals surface area contributed by atoms with Crippen molar-refractivity contribution in [3.05, 3.63) is 34.4 Å². The van der Waals surface area contributed by atoms with Crippen molar-refractivity contribution in [3.8, 4) is 0 Å². The van der Waals surface area contributed by atoms with Crippen LogP contribution in [0.1, 0.15) is 13.3 Å². The van der Waals surface area contributed by atoms with Crippen LogP contribution < -0.4 is 0 Å². The Morgan fingerprint density at radius 2 is 2.06 bits per heavy atom. The summed E-state index contributed by atoms with van der Waals surface area (Å²) in [6.45, 7) is 2.21. The second kappa shape index (κ2) is 4.08. The van der Waals surface area contributed by atoms with E-state index in [-0.39, 0.29) is 16.6 Å². The summed E-state index contributed by atoms with van der Waals surface area (Å²) in [5.74, 6) is 0. The molecule has 1 heterocycles. The fraction of sp³-hybridized carbons (Fsp3) is 0.400. The normalized spacial score (nSPS) is 20.9. The van der Waals surface area contributed by atoms with E-state index >= 15 is 0 Å². The van der Waals surface area contributed by atoms with Crippen LogP contribution in [0.3, 0.4) is 0 Å². The molecule has 0 saturated carbocycles. The summed E-state index contributed by atoms with van der Waals surface area (Å²) in [6, 6.07) is 5.34. The average Bonchev–Trinajstić information content (AvgIpc) is 2.26. The topological polar surface area (TPSA) is 80.5 Å². The maximum atomic E-state index is 12.2. The van der Waals surface area contributed by atoms with Gasteiger partial charge < -0.3 is 0 Å². The fourth-order valence-electron chi connectivity index (χ4n) is 1.80. The molecule has 0 spiro atoms. The highest BCUT2D eigenvalue weighted by Gasteiger charge is 2.38. The van der Waals surface area contributed by atoms with Crippen molar-refractivity contribution in [3.63, 3.8) is 0 Å². The average molecular weight is 256 g/mol. The third-order valence-electron chi connectivity index (χ3n) is 2.91. The summed E-state index contributed by atoms with van der Waals surface area (Å²) < 4.78 is 25.6. The molecule has 1 aromatic carbocycles. The van der Waals surface area contributed by atoms with Gasteiger partial charge in [0.25, 0.3) is 5.69 Å². The molecule has 1 aliphatic rings. The lowest BCUT2D eigenvalue weighted by molar-refractivity contribution is -0.387. The number of sulfonamides is 1. The standard InChI is InChI=1S/C10H12N2O4S/c1-8-6-7-11(8)17(15,16)10-5-3-2-4-9(10)12(13)14/h2-5,8H,6-7H2,1H3/t8-/m1/s1. The number of nitro groups is 1. The number of para-hydroxylation sites is 1. The number of nitro benzene ring substituents is 1. The molecule has 1 aromatic rings. The molecular weight excluding hydrogens is 244 g/mol. The molecule has 2 rings (SSSR count). The van der Waals surface area contributed by atoms with Gasteiger partial charge in [-0.25, -0.2) is 8.42 Å². The first kappa shape index (κ1) is 12.0. The van der Waals surface area contributed by atoms with Gasteiger partial charge in [0.1, 0.15) is 0 Å². The van der Waals surface area contributed by atoms with Crippen LogP contribution in [0, 0.1) is 10.1 Å². The summed E-state index contributed by atoms with van der Waals surface area (Å²) in [5, 5.41) is 10.8. The van der Waals surface area contributed by atoms with Gasteiger partial charge in [0, 0.05) is 18.7 Å². The van der Waals surface area contributed by atoms with Crippen LogP contribution in [-0.4, -0.2) is 30.2 Å². The minimum absolute atomic E-state index is 0.0835. The van der Waals surface area contributed by atoms with Crippen molar-refractivity contribution >= 4 is 15.7 Å². The van der Waals surface area contributed by atoms with E-state index in [9.17, 15) is 18.5 Å². The summed E-state index contributed by atoms with van der Waals surface area (Å²) in [7, 11) is -3.74. The van der Waals surface area contributed by atoms with Gasteiger partial charge in [-0.2, -0.15) is 4.31 Å². The highest BCUT2D eigenvalue weighted by atomic mass is 32.2. The van der Waals surface area contributed by atoms with Crippen molar-refractivity contribution in [1.82, 2.24) is 4.31 Å².